The van der Waals surface area contributed by atoms with Gasteiger partial charge in [-0.1, -0.05) is 19.0 Å². The largest absolute Gasteiger partial charge is 0.384 e. The molecule has 0 spiro atoms. The lowest BCUT2D eigenvalue weighted by Crippen LogP contribution is -2.32. The number of rotatable bonds is 9. The fourth-order valence-electron chi connectivity index (χ4n) is 2.74. The SMILES string of the molecule is COCCS(=O)(=O)c1ccc(C(=O)NC(c2nc(C3CC3)no2)C(C)C)cc1. The third kappa shape index (κ3) is 4.77. The molecule has 1 aromatic heterocycles. The van der Waals surface area contributed by atoms with Crippen LogP contribution in [0.4, 0.5) is 0 Å². The van der Waals surface area contributed by atoms with Crippen LogP contribution in [-0.2, 0) is 14.6 Å². The maximum atomic E-state index is 12.6. The first-order valence-corrected chi connectivity index (χ1v) is 10.9. The van der Waals surface area contributed by atoms with Gasteiger partial charge in [-0.25, -0.2) is 8.42 Å². The molecule has 152 valence electrons. The van der Waals surface area contributed by atoms with Gasteiger partial charge in [-0.15, -0.1) is 0 Å². The van der Waals surface area contributed by atoms with E-state index in [1.54, 1.807) is 0 Å². The van der Waals surface area contributed by atoms with Crippen molar-refractivity contribution >= 4 is 15.7 Å². The number of nitrogens with zero attached hydrogens (tertiary/aromatic N) is 2. The summed E-state index contributed by atoms with van der Waals surface area (Å²) in [5, 5.41) is 6.92. The molecule has 1 aliphatic carbocycles. The second-order valence-corrected chi connectivity index (χ2v) is 9.41. The summed E-state index contributed by atoms with van der Waals surface area (Å²) >= 11 is 0. The van der Waals surface area contributed by atoms with E-state index >= 15 is 0 Å². The van der Waals surface area contributed by atoms with Gasteiger partial charge >= 0.3 is 0 Å². The van der Waals surface area contributed by atoms with Gasteiger partial charge < -0.3 is 14.6 Å². The number of carbonyl (C=O) groups is 1. The van der Waals surface area contributed by atoms with Gasteiger partial charge in [0.2, 0.25) is 5.89 Å². The minimum absolute atomic E-state index is 0.0464. The van der Waals surface area contributed by atoms with Crippen molar-refractivity contribution in [1.29, 1.82) is 0 Å². The van der Waals surface area contributed by atoms with Crippen LogP contribution in [0.5, 0.6) is 0 Å². The molecule has 1 unspecified atom stereocenters. The molecule has 1 aromatic carbocycles. The van der Waals surface area contributed by atoms with Crippen molar-refractivity contribution in [3.63, 3.8) is 0 Å². The predicted octanol–water partition coefficient (Wildman–Crippen LogP) is 2.49. The summed E-state index contributed by atoms with van der Waals surface area (Å²) in [7, 11) is -1.98. The number of carbonyl (C=O) groups excluding carboxylic acids is 1. The number of aromatic nitrogens is 2. The first-order valence-electron chi connectivity index (χ1n) is 9.28. The van der Waals surface area contributed by atoms with E-state index in [1.165, 1.54) is 31.4 Å². The quantitative estimate of drug-likeness (QED) is 0.680. The van der Waals surface area contributed by atoms with Crippen LogP contribution in [0.2, 0.25) is 0 Å². The van der Waals surface area contributed by atoms with Crippen LogP contribution in [0, 0.1) is 5.92 Å². The minimum Gasteiger partial charge on any atom is -0.384 e. The molecule has 8 nitrogen and oxygen atoms in total. The summed E-state index contributed by atoms with van der Waals surface area (Å²) in [4.78, 5) is 17.2. The monoisotopic (exact) mass is 407 g/mol. The van der Waals surface area contributed by atoms with Crippen LogP contribution in [-0.4, -0.2) is 43.9 Å². The van der Waals surface area contributed by atoms with E-state index in [-0.39, 0.29) is 29.1 Å². The normalized spacial score (nSPS) is 15.6. The Bertz CT molecular complexity index is 917. The molecular formula is C19H25N3O5S. The van der Waals surface area contributed by atoms with E-state index in [2.05, 4.69) is 15.5 Å². The van der Waals surface area contributed by atoms with Gasteiger partial charge in [0.1, 0.15) is 6.04 Å². The second kappa shape index (κ2) is 8.40. The topological polar surface area (TPSA) is 111 Å². The van der Waals surface area contributed by atoms with E-state index in [0.717, 1.165) is 12.8 Å². The zero-order valence-corrected chi connectivity index (χ0v) is 17.0. The third-order valence-corrected chi connectivity index (χ3v) is 6.35. The molecule has 9 heteroatoms. The Labute approximate surface area is 164 Å². The van der Waals surface area contributed by atoms with E-state index in [1.807, 2.05) is 13.8 Å². The molecular weight excluding hydrogens is 382 g/mol. The Morgan fingerprint density at radius 1 is 1.29 bits per heavy atom. The van der Waals surface area contributed by atoms with Gasteiger partial charge in [-0.2, -0.15) is 4.98 Å². The Kier molecular flexibility index (Phi) is 6.14. The smallest absolute Gasteiger partial charge is 0.251 e. The molecule has 1 heterocycles. The molecule has 0 saturated heterocycles. The van der Waals surface area contributed by atoms with Crippen molar-refractivity contribution in [2.45, 2.75) is 43.5 Å². The summed E-state index contributed by atoms with van der Waals surface area (Å²) in [6.07, 6.45) is 2.13. The van der Waals surface area contributed by atoms with E-state index in [0.29, 0.717) is 23.2 Å². The number of amides is 1. The van der Waals surface area contributed by atoms with Crippen molar-refractivity contribution in [3.8, 4) is 0 Å². The minimum atomic E-state index is -3.43. The van der Waals surface area contributed by atoms with Crippen LogP contribution in [0.15, 0.2) is 33.7 Å². The van der Waals surface area contributed by atoms with Crippen LogP contribution in [0.3, 0.4) is 0 Å². The molecule has 28 heavy (non-hydrogen) atoms. The molecule has 1 N–H and O–H groups in total. The number of methoxy groups -OCH3 is 1. The molecule has 0 bridgehead atoms. The third-order valence-electron chi connectivity index (χ3n) is 4.65. The van der Waals surface area contributed by atoms with Crippen molar-refractivity contribution in [2.24, 2.45) is 5.92 Å². The lowest BCUT2D eigenvalue weighted by molar-refractivity contribution is 0.0914. The Morgan fingerprint density at radius 2 is 1.96 bits per heavy atom. The molecule has 1 amide bonds. The maximum absolute atomic E-state index is 12.6. The maximum Gasteiger partial charge on any atom is 0.251 e. The lowest BCUT2D eigenvalue weighted by atomic mass is 10.0. The second-order valence-electron chi connectivity index (χ2n) is 7.30. The van der Waals surface area contributed by atoms with E-state index in [9.17, 15) is 13.2 Å². The van der Waals surface area contributed by atoms with E-state index in [4.69, 9.17) is 9.26 Å². The standard InChI is InChI=1S/C19H25N3O5S/c1-12(2)16(19-21-17(22-27-19)13-4-5-13)20-18(23)14-6-8-15(9-7-14)28(24,25)11-10-26-3/h6-9,12-13,16H,4-5,10-11H2,1-3H3,(H,20,23). The van der Waals surface area contributed by atoms with Gasteiger partial charge in [0.25, 0.3) is 5.91 Å². The molecule has 0 aliphatic heterocycles. The Hall–Kier alpha value is -2.26. The number of hydrogen-bond donors (Lipinski definition) is 1. The number of ether oxygens (including phenoxy) is 1. The fraction of sp³-hybridized carbons (Fsp3) is 0.526. The number of hydrogen-bond acceptors (Lipinski definition) is 7. The van der Waals surface area contributed by atoms with Gasteiger partial charge in [-0.05, 0) is 43.0 Å². The molecule has 1 aliphatic rings. The van der Waals surface area contributed by atoms with Crippen molar-refractivity contribution in [1.82, 2.24) is 15.5 Å². The lowest BCUT2D eigenvalue weighted by Gasteiger charge is -2.18. The number of benzene rings is 1. The highest BCUT2D eigenvalue weighted by atomic mass is 32.2. The molecule has 1 fully saturated rings. The Morgan fingerprint density at radius 3 is 2.54 bits per heavy atom. The van der Waals surface area contributed by atoms with Gasteiger partial charge in [0.15, 0.2) is 15.7 Å². The summed E-state index contributed by atoms with van der Waals surface area (Å²) in [5.74, 6) is 1.07. The molecule has 1 saturated carbocycles. The van der Waals surface area contributed by atoms with Crippen LogP contribution in [0.25, 0.3) is 0 Å². The molecule has 2 aromatic rings. The number of sulfone groups is 1. The van der Waals surface area contributed by atoms with Gasteiger partial charge in [-0.3, -0.25) is 4.79 Å². The molecule has 3 rings (SSSR count). The highest BCUT2D eigenvalue weighted by Crippen LogP contribution is 2.38. The molecule has 0 radical (unpaired) electrons. The van der Waals surface area contributed by atoms with Crippen molar-refractivity contribution in [3.05, 3.63) is 41.5 Å². The summed E-state index contributed by atoms with van der Waals surface area (Å²) in [6, 6.07) is 5.44. The molecule has 1 atom stereocenters. The first-order chi connectivity index (χ1) is 13.3. The summed E-state index contributed by atoms with van der Waals surface area (Å²) in [5.41, 5.74) is 0.360. The van der Waals surface area contributed by atoms with Gasteiger partial charge in [0.05, 0.1) is 17.3 Å². The number of nitrogens with one attached hydrogen (secondary N) is 1. The summed E-state index contributed by atoms with van der Waals surface area (Å²) < 4.78 is 34.5. The highest BCUT2D eigenvalue weighted by molar-refractivity contribution is 7.91. The Balaban J connectivity index is 1.71. The van der Waals surface area contributed by atoms with Crippen LogP contribution >= 0.6 is 0 Å². The summed E-state index contributed by atoms with van der Waals surface area (Å²) in [6.45, 7) is 4.03. The van der Waals surface area contributed by atoms with E-state index < -0.39 is 15.9 Å². The van der Waals surface area contributed by atoms with Gasteiger partial charge in [0, 0.05) is 18.6 Å². The van der Waals surface area contributed by atoms with Crippen molar-refractivity contribution < 1.29 is 22.5 Å². The van der Waals surface area contributed by atoms with Crippen LogP contribution < -0.4 is 5.32 Å². The zero-order valence-electron chi connectivity index (χ0n) is 16.2. The van der Waals surface area contributed by atoms with Crippen LogP contribution in [0.1, 0.15) is 60.7 Å². The zero-order chi connectivity index (χ0) is 20.3. The predicted molar refractivity (Wildman–Crippen MR) is 102 cm³/mol. The average molecular weight is 407 g/mol. The highest BCUT2D eigenvalue weighted by Gasteiger charge is 2.31. The first kappa shape index (κ1) is 20.5. The fourth-order valence-corrected chi connectivity index (χ4v) is 3.92. The average Bonchev–Trinajstić information content (AvgIpc) is 3.41. The van der Waals surface area contributed by atoms with Crippen molar-refractivity contribution in [2.75, 3.05) is 19.5 Å².